The first-order chi connectivity index (χ1) is 13.5. The predicted octanol–water partition coefficient (Wildman–Crippen LogP) is 3.38. The van der Waals surface area contributed by atoms with Gasteiger partial charge in [-0.25, -0.2) is 0 Å². The third-order valence-electron chi connectivity index (χ3n) is 5.17. The molecule has 2 atom stereocenters. The zero-order valence-electron chi connectivity index (χ0n) is 16.7. The van der Waals surface area contributed by atoms with Crippen LogP contribution in [0.1, 0.15) is 31.4 Å². The highest BCUT2D eigenvalue weighted by molar-refractivity contribution is 5.92. The summed E-state index contributed by atoms with van der Waals surface area (Å²) < 4.78 is 5.14. The van der Waals surface area contributed by atoms with E-state index < -0.39 is 0 Å². The van der Waals surface area contributed by atoms with Gasteiger partial charge in [-0.3, -0.25) is 9.59 Å². The fourth-order valence-corrected chi connectivity index (χ4v) is 3.33. The normalized spacial score (nSPS) is 17.9. The number of rotatable bonds is 8. The van der Waals surface area contributed by atoms with Gasteiger partial charge in [-0.2, -0.15) is 0 Å². The van der Waals surface area contributed by atoms with Crippen molar-refractivity contribution in [3.8, 4) is 5.75 Å². The van der Waals surface area contributed by atoms with Gasteiger partial charge < -0.3 is 15.0 Å². The molecule has 5 heteroatoms. The molecule has 1 aliphatic carbocycles. The van der Waals surface area contributed by atoms with E-state index in [1.165, 1.54) is 0 Å². The first-order valence-electron chi connectivity index (χ1n) is 9.74. The Morgan fingerprint density at radius 1 is 1.04 bits per heavy atom. The molecule has 1 N–H and O–H groups in total. The van der Waals surface area contributed by atoms with Gasteiger partial charge in [0.15, 0.2) is 0 Å². The van der Waals surface area contributed by atoms with Crippen molar-refractivity contribution in [1.29, 1.82) is 0 Å². The second kappa shape index (κ2) is 8.91. The van der Waals surface area contributed by atoms with Gasteiger partial charge in [0, 0.05) is 19.1 Å². The second-order valence-corrected chi connectivity index (χ2v) is 7.56. The van der Waals surface area contributed by atoms with Crippen molar-refractivity contribution in [2.75, 3.05) is 7.11 Å². The lowest BCUT2D eigenvalue weighted by Gasteiger charge is -2.27. The first kappa shape index (κ1) is 19.9. The molecule has 0 aromatic heterocycles. The monoisotopic (exact) mass is 380 g/mol. The number of hydrogen-bond donors (Lipinski definition) is 1. The third-order valence-corrected chi connectivity index (χ3v) is 5.17. The van der Waals surface area contributed by atoms with Crippen molar-refractivity contribution in [3.63, 3.8) is 0 Å². The van der Waals surface area contributed by atoms with Crippen LogP contribution < -0.4 is 10.1 Å². The number of carbonyl (C=O) groups is 2. The van der Waals surface area contributed by atoms with Gasteiger partial charge in [0.2, 0.25) is 11.8 Å². The second-order valence-electron chi connectivity index (χ2n) is 7.56. The lowest BCUT2D eigenvalue weighted by atomic mass is 10.1. The Kier molecular flexibility index (Phi) is 6.34. The number of ether oxygens (including phenoxy) is 1. The predicted molar refractivity (Wildman–Crippen MR) is 109 cm³/mol. The number of amides is 2. The summed E-state index contributed by atoms with van der Waals surface area (Å²) in [5, 5.41) is 2.95. The number of nitrogens with one attached hydrogen (secondary N) is 1. The Labute approximate surface area is 166 Å². The first-order valence-corrected chi connectivity index (χ1v) is 9.74. The average Bonchev–Trinajstić information content (AvgIpc) is 3.52. The van der Waals surface area contributed by atoms with Crippen LogP contribution in [0, 0.1) is 11.8 Å². The molecule has 1 aliphatic rings. The molecule has 2 unspecified atom stereocenters. The molecule has 2 amide bonds. The highest BCUT2D eigenvalue weighted by Crippen LogP contribution is 2.40. The standard InChI is InChI=1S/C23H28N2O3/c1-16(2)25(15-18-7-5-4-6-8-18)23(27)21-13-20(21)22(26)24-14-17-9-11-19(28-3)12-10-17/h4-12,16,20-21H,13-15H2,1-3H3,(H,24,26). The molecule has 1 saturated carbocycles. The molecule has 0 heterocycles. The van der Waals surface area contributed by atoms with Crippen molar-refractivity contribution >= 4 is 11.8 Å². The largest absolute Gasteiger partial charge is 0.497 e. The quantitative estimate of drug-likeness (QED) is 0.764. The SMILES string of the molecule is COc1ccc(CNC(=O)C2CC2C(=O)N(Cc2ccccc2)C(C)C)cc1. The highest BCUT2D eigenvalue weighted by Gasteiger charge is 2.49. The summed E-state index contributed by atoms with van der Waals surface area (Å²) in [6.45, 7) is 5.07. The number of hydrogen-bond acceptors (Lipinski definition) is 3. The maximum Gasteiger partial charge on any atom is 0.227 e. The van der Waals surface area contributed by atoms with E-state index in [9.17, 15) is 9.59 Å². The number of benzene rings is 2. The molecule has 1 fully saturated rings. The molecule has 0 saturated heterocycles. The Bertz CT molecular complexity index is 802. The van der Waals surface area contributed by atoms with Crippen LogP contribution in [0.2, 0.25) is 0 Å². The average molecular weight is 380 g/mol. The summed E-state index contributed by atoms with van der Waals surface area (Å²) in [5.74, 6) is 0.390. The number of nitrogens with zero attached hydrogens (tertiary/aromatic N) is 1. The van der Waals surface area contributed by atoms with Crippen LogP contribution in [0.3, 0.4) is 0 Å². The fourth-order valence-electron chi connectivity index (χ4n) is 3.33. The maximum atomic E-state index is 12.9. The molecule has 148 valence electrons. The minimum absolute atomic E-state index is 0.0439. The molecule has 3 rings (SSSR count). The Balaban J connectivity index is 1.53. The van der Waals surface area contributed by atoms with Crippen LogP contribution in [-0.4, -0.2) is 29.9 Å². The van der Waals surface area contributed by atoms with Crippen molar-refractivity contribution in [2.24, 2.45) is 11.8 Å². The molecule has 0 spiro atoms. The van der Waals surface area contributed by atoms with E-state index in [2.05, 4.69) is 5.32 Å². The zero-order chi connectivity index (χ0) is 20.1. The van der Waals surface area contributed by atoms with E-state index in [4.69, 9.17) is 4.74 Å². The van der Waals surface area contributed by atoms with Crippen LogP contribution in [0.15, 0.2) is 54.6 Å². The summed E-state index contributed by atoms with van der Waals surface area (Å²) >= 11 is 0. The molecule has 0 radical (unpaired) electrons. The van der Waals surface area contributed by atoms with Crippen LogP contribution in [0.25, 0.3) is 0 Å². The third kappa shape index (κ3) is 4.91. The number of methoxy groups -OCH3 is 1. The summed E-state index contributed by atoms with van der Waals surface area (Å²) in [7, 11) is 1.62. The molecule has 5 nitrogen and oxygen atoms in total. The fraction of sp³-hybridized carbons (Fsp3) is 0.391. The van der Waals surface area contributed by atoms with Gasteiger partial charge in [-0.1, -0.05) is 42.5 Å². The van der Waals surface area contributed by atoms with E-state index in [-0.39, 0.29) is 29.7 Å². The van der Waals surface area contributed by atoms with Gasteiger partial charge >= 0.3 is 0 Å². The van der Waals surface area contributed by atoms with Crippen LogP contribution >= 0.6 is 0 Å². The lowest BCUT2D eigenvalue weighted by Crippen LogP contribution is -2.38. The van der Waals surface area contributed by atoms with E-state index in [1.807, 2.05) is 73.3 Å². The molecule has 28 heavy (non-hydrogen) atoms. The molecular weight excluding hydrogens is 352 g/mol. The van der Waals surface area contributed by atoms with Crippen LogP contribution in [-0.2, 0) is 22.7 Å². The van der Waals surface area contributed by atoms with Crippen LogP contribution in [0.4, 0.5) is 0 Å². The van der Waals surface area contributed by atoms with Gasteiger partial charge in [0.25, 0.3) is 0 Å². The minimum atomic E-state index is -0.220. The van der Waals surface area contributed by atoms with Gasteiger partial charge in [0.05, 0.1) is 18.9 Å². The molecule has 0 bridgehead atoms. The van der Waals surface area contributed by atoms with Crippen molar-refractivity contribution in [2.45, 2.75) is 39.4 Å². The van der Waals surface area contributed by atoms with Crippen molar-refractivity contribution in [1.82, 2.24) is 10.2 Å². The summed E-state index contributed by atoms with van der Waals surface area (Å²) in [5.41, 5.74) is 2.11. The molecule has 0 aliphatic heterocycles. The molecule has 2 aromatic rings. The lowest BCUT2D eigenvalue weighted by molar-refractivity contribution is -0.136. The minimum Gasteiger partial charge on any atom is -0.497 e. The summed E-state index contributed by atoms with van der Waals surface area (Å²) in [6, 6.07) is 17.7. The maximum absolute atomic E-state index is 12.9. The summed E-state index contributed by atoms with van der Waals surface area (Å²) in [6.07, 6.45) is 0.630. The molecular formula is C23H28N2O3. The van der Waals surface area contributed by atoms with Gasteiger partial charge in [-0.05, 0) is 43.5 Å². The van der Waals surface area contributed by atoms with Gasteiger partial charge in [0.1, 0.15) is 5.75 Å². The summed E-state index contributed by atoms with van der Waals surface area (Å²) in [4.78, 5) is 27.3. The highest BCUT2D eigenvalue weighted by atomic mass is 16.5. The van der Waals surface area contributed by atoms with Gasteiger partial charge in [-0.15, -0.1) is 0 Å². The van der Waals surface area contributed by atoms with E-state index in [1.54, 1.807) is 7.11 Å². The van der Waals surface area contributed by atoms with E-state index in [0.717, 1.165) is 16.9 Å². The molecule has 2 aromatic carbocycles. The van der Waals surface area contributed by atoms with E-state index in [0.29, 0.717) is 19.5 Å². The van der Waals surface area contributed by atoms with Crippen molar-refractivity contribution in [3.05, 3.63) is 65.7 Å². The zero-order valence-corrected chi connectivity index (χ0v) is 16.7. The smallest absolute Gasteiger partial charge is 0.227 e. The van der Waals surface area contributed by atoms with E-state index >= 15 is 0 Å². The van der Waals surface area contributed by atoms with Crippen LogP contribution in [0.5, 0.6) is 5.75 Å². The Morgan fingerprint density at radius 3 is 2.32 bits per heavy atom. The number of carbonyl (C=O) groups excluding carboxylic acids is 2. The Morgan fingerprint density at radius 2 is 1.71 bits per heavy atom. The Hall–Kier alpha value is -2.82. The topological polar surface area (TPSA) is 58.6 Å². The van der Waals surface area contributed by atoms with Crippen molar-refractivity contribution < 1.29 is 14.3 Å².